The summed E-state index contributed by atoms with van der Waals surface area (Å²) in [6, 6.07) is 13.4. The highest BCUT2D eigenvalue weighted by Crippen LogP contribution is 2.40. The molecule has 0 spiro atoms. The molecule has 0 radical (unpaired) electrons. The van der Waals surface area contributed by atoms with Crippen molar-refractivity contribution < 1.29 is 4.79 Å². The van der Waals surface area contributed by atoms with E-state index in [1.807, 2.05) is 30.3 Å². The van der Waals surface area contributed by atoms with Crippen LogP contribution in [0.15, 0.2) is 42.5 Å². The van der Waals surface area contributed by atoms with Crippen LogP contribution in [0.2, 0.25) is 5.02 Å². The lowest BCUT2D eigenvalue weighted by molar-refractivity contribution is -0.124. The van der Waals surface area contributed by atoms with Gasteiger partial charge in [0.2, 0.25) is 5.91 Å². The van der Waals surface area contributed by atoms with Gasteiger partial charge in [0.1, 0.15) is 0 Å². The minimum Gasteiger partial charge on any atom is -0.398 e. The number of halogens is 1. The molecule has 0 saturated carbocycles. The van der Waals surface area contributed by atoms with Gasteiger partial charge in [-0.3, -0.25) is 4.79 Å². The van der Waals surface area contributed by atoms with E-state index in [2.05, 4.69) is 22.3 Å². The molecule has 1 amide bonds. The van der Waals surface area contributed by atoms with Crippen LogP contribution in [0.3, 0.4) is 0 Å². The lowest BCUT2D eigenvalue weighted by Crippen LogP contribution is -2.41. The lowest BCUT2D eigenvalue weighted by Gasteiger charge is -2.34. The molecule has 2 aromatic carbocycles. The minimum atomic E-state index is -0.298. The number of likely N-dealkylation sites (tertiary alicyclic amines) is 1. The van der Waals surface area contributed by atoms with Gasteiger partial charge in [-0.15, -0.1) is 0 Å². The topological polar surface area (TPSA) is 58.4 Å². The van der Waals surface area contributed by atoms with Gasteiger partial charge in [-0.1, -0.05) is 48.4 Å². The molecule has 4 nitrogen and oxygen atoms in total. The van der Waals surface area contributed by atoms with Crippen LogP contribution in [0.5, 0.6) is 0 Å². The molecule has 4 rings (SSSR count). The highest BCUT2D eigenvalue weighted by atomic mass is 35.5. The van der Waals surface area contributed by atoms with Crippen LogP contribution in [0, 0.1) is 0 Å². The number of carbonyl (C=O) groups is 1. The van der Waals surface area contributed by atoms with Crippen LogP contribution in [0.25, 0.3) is 0 Å². The average Bonchev–Trinajstić information content (AvgIpc) is 2.68. The second-order valence-corrected chi connectivity index (χ2v) is 7.96. The van der Waals surface area contributed by atoms with Gasteiger partial charge in [0.25, 0.3) is 0 Å². The number of fused-ring (bicyclic) bond motifs is 1. The van der Waals surface area contributed by atoms with Crippen molar-refractivity contribution >= 4 is 23.2 Å². The Morgan fingerprint density at radius 1 is 1.04 bits per heavy atom. The largest absolute Gasteiger partial charge is 0.398 e. The molecule has 2 heterocycles. The molecule has 0 aromatic heterocycles. The third-order valence-corrected chi connectivity index (χ3v) is 6.17. The molecule has 2 aromatic rings. The number of amides is 1. The number of nitrogens with two attached hydrogens (primary N) is 1. The number of rotatable bonds is 4. The molecule has 1 saturated heterocycles. The normalized spacial score (nSPS) is 22.9. The number of nitrogens with one attached hydrogen (secondary N) is 1. The zero-order valence-electron chi connectivity index (χ0n) is 15.5. The van der Waals surface area contributed by atoms with Crippen LogP contribution >= 0.6 is 11.6 Å². The van der Waals surface area contributed by atoms with Gasteiger partial charge in [0.15, 0.2) is 0 Å². The monoisotopic (exact) mass is 383 g/mol. The van der Waals surface area contributed by atoms with Crippen LogP contribution in [0.4, 0.5) is 5.69 Å². The Balaban J connectivity index is 1.63. The molecule has 2 atom stereocenters. The first-order valence-electron chi connectivity index (χ1n) is 9.80. The summed E-state index contributed by atoms with van der Waals surface area (Å²) < 4.78 is 0. The lowest BCUT2D eigenvalue weighted by atomic mass is 9.81. The number of nitrogen functional groups attached to an aromatic ring is 1. The second-order valence-electron chi connectivity index (χ2n) is 7.56. The highest BCUT2D eigenvalue weighted by Gasteiger charge is 2.35. The van der Waals surface area contributed by atoms with Crippen LogP contribution in [0.1, 0.15) is 54.3 Å². The molecular weight excluding hydrogens is 358 g/mol. The zero-order valence-corrected chi connectivity index (χ0v) is 16.2. The smallest absolute Gasteiger partial charge is 0.228 e. The highest BCUT2D eigenvalue weighted by molar-refractivity contribution is 6.31. The van der Waals surface area contributed by atoms with E-state index in [0.29, 0.717) is 10.7 Å². The number of nitrogens with zero attached hydrogens (tertiary/aromatic N) is 1. The SMILES string of the molecule is Nc1cccc(Cl)c1C1NC(=O)C(CCN2CCCCC2)c2ccccc21. The van der Waals surface area contributed by atoms with Crippen LogP contribution in [-0.4, -0.2) is 30.4 Å². The first kappa shape index (κ1) is 18.3. The maximum Gasteiger partial charge on any atom is 0.228 e. The van der Waals surface area contributed by atoms with E-state index in [1.54, 1.807) is 0 Å². The Bertz CT molecular complexity index is 812. The van der Waals surface area contributed by atoms with Gasteiger partial charge in [0.05, 0.1) is 12.0 Å². The Kier molecular flexibility index (Phi) is 5.37. The van der Waals surface area contributed by atoms with E-state index >= 15 is 0 Å². The molecule has 2 aliphatic heterocycles. The van der Waals surface area contributed by atoms with Crippen LogP contribution in [-0.2, 0) is 4.79 Å². The van der Waals surface area contributed by atoms with Crippen molar-refractivity contribution in [3.63, 3.8) is 0 Å². The Morgan fingerprint density at radius 3 is 2.52 bits per heavy atom. The van der Waals surface area contributed by atoms with Crippen molar-refractivity contribution in [2.45, 2.75) is 37.6 Å². The van der Waals surface area contributed by atoms with Crippen molar-refractivity contribution in [2.75, 3.05) is 25.4 Å². The maximum atomic E-state index is 13.0. The van der Waals surface area contributed by atoms with Gasteiger partial charge in [0, 0.05) is 16.3 Å². The summed E-state index contributed by atoms with van der Waals surface area (Å²) in [6.45, 7) is 3.26. The molecule has 2 unspecified atom stereocenters. The fraction of sp³-hybridized carbons (Fsp3) is 0.409. The Labute approximate surface area is 165 Å². The third-order valence-electron chi connectivity index (χ3n) is 5.84. The van der Waals surface area contributed by atoms with Crippen molar-refractivity contribution in [1.82, 2.24) is 10.2 Å². The summed E-state index contributed by atoms with van der Waals surface area (Å²) in [5, 5.41) is 3.77. The zero-order chi connectivity index (χ0) is 18.8. The van der Waals surface area contributed by atoms with Crippen molar-refractivity contribution in [2.24, 2.45) is 0 Å². The first-order chi connectivity index (χ1) is 13.1. The fourth-order valence-corrected chi connectivity index (χ4v) is 4.71. The molecule has 0 bridgehead atoms. The quantitative estimate of drug-likeness (QED) is 0.781. The van der Waals surface area contributed by atoms with E-state index in [-0.39, 0.29) is 17.9 Å². The van der Waals surface area contributed by atoms with E-state index in [9.17, 15) is 4.79 Å². The van der Waals surface area contributed by atoms with E-state index in [4.69, 9.17) is 17.3 Å². The van der Waals surface area contributed by atoms with E-state index < -0.39 is 0 Å². The number of carbonyl (C=O) groups excluding carboxylic acids is 1. The second kappa shape index (κ2) is 7.91. The molecule has 1 fully saturated rings. The number of hydrogen-bond acceptors (Lipinski definition) is 3. The summed E-state index contributed by atoms with van der Waals surface area (Å²) in [4.78, 5) is 15.5. The number of benzene rings is 2. The number of hydrogen-bond donors (Lipinski definition) is 2. The fourth-order valence-electron chi connectivity index (χ4n) is 4.42. The Morgan fingerprint density at radius 2 is 1.78 bits per heavy atom. The van der Waals surface area contributed by atoms with Gasteiger partial charge >= 0.3 is 0 Å². The van der Waals surface area contributed by atoms with Crippen molar-refractivity contribution in [1.29, 1.82) is 0 Å². The predicted molar refractivity (Wildman–Crippen MR) is 110 cm³/mol. The summed E-state index contributed by atoms with van der Waals surface area (Å²) in [6.07, 6.45) is 4.69. The Hall–Kier alpha value is -2.04. The molecule has 3 N–H and O–H groups in total. The summed E-state index contributed by atoms with van der Waals surface area (Å²) >= 11 is 6.44. The van der Waals surface area contributed by atoms with Crippen molar-refractivity contribution in [3.05, 3.63) is 64.2 Å². The van der Waals surface area contributed by atoms with Crippen molar-refractivity contribution in [3.8, 4) is 0 Å². The average molecular weight is 384 g/mol. The van der Waals surface area contributed by atoms with E-state index in [0.717, 1.165) is 42.7 Å². The predicted octanol–water partition coefficient (Wildman–Crippen LogP) is 4.10. The molecule has 0 aliphatic carbocycles. The van der Waals surface area contributed by atoms with Gasteiger partial charge < -0.3 is 16.0 Å². The molecular formula is C22H26ClN3O. The summed E-state index contributed by atoms with van der Waals surface area (Å²) in [5.41, 5.74) is 9.79. The minimum absolute atomic E-state index is 0.0648. The van der Waals surface area contributed by atoms with Gasteiger partial charge in [-0.25, -0.2) is 0 Å². The summed E-state index contributed by atoms with van der Waals surface area (Å²) in [7, 11) is 0. The van der Waals surface area contributed by atoms with Gasteiger partial charge in [-0.05, 0) is 62.2 Å². The van der Waals surface area contributed by atoms with Gasteiger partial charge in [-0.2, -0.15) is 0 Å². The summed E-state index contributed by atoms with van der Waals surface area (Å²) in [5.74, 6) is -0.0573. The van der Waals surface area contributed by atoms with E-state index in [1.165, 1.54) is 19.3 Å². The van der Waals surface area contributed by atoms with Crippen LogP contribution < -0.4 is 11.1 Å². The number of anilines is 1. The standard InChI is InChI=1S/C22H26ClN3O/c23-18-9-6-10-19(24)20(18)21-16-8-3-2-7-15(16)17(22(27)25-21)11-14-26-12-4-1-5-13-26/h2-3,6-10,17,21H,1,4-5,11-14,24H2,(H,25,27). The molecule has 27 heavy (non-hydrogen) atoms. The third kappa shape index (κ3) is 3.69. The maximum absolute atomic E-state index is 13.0. The number of piperidine rings is 1. The molecule has 2 aliphatic rings. The molecule has 5 heteroatoms. The first-order valence-corrected chi connectivity index (χ1v) is 10.2. The molecule has 142 valence electrons.